The highest BCUT2D eigenvalue weighted by Gasteiger charge is 2.21. The van der Waals surface area contributed by atoms with Crippen LogP contribution in [-0.4, -0.2) is 28.9 Å². The third-order valence-electron chi connectivity index (χ3n) is 3.93. The van der Waals surface area contributed by atoms with E-state index in [1.807, 2.05) is 13.0 Å². The van der Waals surface area contributed by atoms with Crippen LogP contribution in [0, 0.1) is 6.92 Å². The molecule has 27 heavy (non-hydrogen) atoms. The fourth-order valence-corrected chi connectivity index (χ4v) is 2.35. The van der Waals surface area contributed by atoms with Gasteiger partial charge in [-0.05, 0) is 37.1 Å². The van der Waals surface area contributed by atoms with Gasteiger partial charge in [-0.15, -0.1) is 0 Å². The van der Waals surface area contributed by atoms with E-state index in [1.165, 1.54) is 6.08 Å². The SMILES string of the molecule is CCC(NC(=O)C(=Cc1ccccc1)NC(=O)c1ccc(C)cc1)C(=O)O. The van der Waals surface area contributed by atoms with E-state index in [9.17, 15) is 14.4 Å². The van der Waals surface area contributed by atoms with Crippen LogP contribution in [0.25, 0.3) is 6.08 Å². The molecule has 0 aliphatic rings. The molecule has 0 saturated carbocycles. The van der Waals surface area contributed by atoms with Crippen molar-refractivity contribution in [2.75, 3.05) is 0 Å². The summed E-state index contributed by atoms with van der Waals surface area (Å²) in [6.45, 7) is 3.57. The lowest BCUT2D eigenvalue weighted by atomic mass is 10.1. The summed E-state index contributed by atoms with van der Waals surface area (Å²) in [7, 11) is 0. The Labute approximate surface area is 157 Å². The van der Waals surface area contributed by atoms with Gasteiger partial charge >= 0.3 is 5.97 Å². The number of hydrogen-bond donors (Lipinski definition) is 3. The zero-order valence-corrected chi connectivity index (χ0v) is 15.2. The first kappa shape index (κ1) is 19.9. The van der Waals surface area contributed by atoms with Gasteiger partial charge in [-0.3, -0.25) is 9.59 Å². The van der Waals surface area contributed by atoms with E-state index in [1.54, 1.807) is 55.5 Å². The fraction of sp³-hybridized carbons (Fsp3) is 0.190. The van der Waals surface area contributed by atoms with E-state index < -0.39 is 23.8 Å². The molecule has 1 atom stereocenters. The average Bonchev–Trinajstić information content (AvgIpc) is 2.66. The minimum absolute atomic E-state index is 0.0218. The number of carboxylic acid groups (broad SMARTS) is 1. The lowest BCUT2D eigenvalue weighted by Gasteiger charge is -2.15. The Kier molecular flexibility index (Phi) is 6.88. The summed E-state index contributed by atoms with van der Waals surface area (Å²) in [5.74, 6) is -2.24. The second kappa shape index (κ2) is 9.33. The van der Waals surface area contributed by atoms with Crippen LogP contribution in [0.5, 0.6) is 0 Å². The Morgan fingerprint density at radius 2 is 1.67 bits per heavy atom. The van der Waals surface area contributed by atoms with Crippen molar-refractivity contribution in [3.8, 4) is 0 Å². The maximum atomic E-state index is 12.6. The van der Waals surface area contributed by atoms with Crippen molar-refractivity contribution in [3.63, 3.8) is 0 Å². The summed E-state index contributed by atoms with van der Waals surface area (Å²) in [5, 5.41) is 14.2. The molecule has 2 rings (SSSR count). The van der Waals surface area contributed by atoms with Crippen molar-refractivity contribution in [3.05, 3.63) is 77.0 Å². The number of hydrogen-bond acceptors (Lipinski definition) is 3. The largest absolute Gasteiger partial charge is 0.480 e. The van der Waals surface area contributed by atoms with Gasteiger partial charge in [0.25, 0.3) is 11.8 Å². The second-order valence-corrected chi connectivity index (χ2v) is 6.06. The number of aliphatic carboxylic acids is 1. The zero-order valence-electron chi connectivity index (χ0n) is 15.2. The average molecular weight is 366 g/mol. The summed E-state index contributed by atoms with van der Waals surface area (Å²) in [5.41, 5.74) is 2.09. The molecule has 140 valence electrons. The van der Waals surface area contributed by atoms with Gasteiger partial charge in [0.05, 0.1) is 0 Å². The number of carboxylic acids is 1. The molecule has 2 amide bonds. The monoisotopic (exact) mass is 366 g/mol. The highest BCUT2D eigenvalue weighted by Crippen LogP contribution is 2.09. The maximum absolute atomic E-state index is 12.6. The molecule has 6 heteroatoms. The minimum Gasteiger partial charge on any atom is -0.480 e. The normalized spacial score (nSPS) is 12.1. The number of rotatable bonds is 7. The predicted molar refractivity (Wildman–Crippen MR) is 103 cm³/mol. The Morgan fingerprint density at radius 3 is 2.22 bits per heavy atom. The van der Waals surface area contributed by atoms with Crippen molar-refractivity contribution < 1.29 is 19.5 Å². The molecule has 2 aromatic rings. The Balaban J connectivity index is 2.28. The summed E-state index contributed by atoms with van der Waals surface area (Å²) < 4.78 is 0. The van der Waals surface area contributed by atoms with Crippen LogP contribution in [0.1, 0.15) is 34.8 Å². The van der Waals surface area contributed by atoms with Gasteiger partial charge in [-0.2, -0.15) is 0 Å². The third kappa shape index (κ3) is 5.81. The van der Waals surface area contributed by atoms with Crippen molar-refractivity contribution in [1.82, 2.24) is 10.6 Å². The minimum atomic E-state index is -1.13. The fourth-order valence-electron chi connectivity index (χ4n) is 2.35. The van der Waals surface area contributed by atoms with Crippen LogP contribution in [0.2, 0.25) is 0 Å². The molecule has 0 aliphatic carbocycles. The van der Waals surface area contributed by atoms with Crippen LogP contribution in [-0.2, 0) is 9.59 Å². The van der Waals surface area contributed by atoms with Gasteiger partial charge in [0, 0.05) is 5.56 Å². The van der Waals surface area contributed by atoms with Gasteiger partial charge in [-0.1, -0.05) is 55.0 Å². The van der Waals surface area contributed by atoms with Crippen LogP contribution < -0.4 is 10.6 Å². The zero-order chi connectivity index (χ0) is 19.8. The van der Waals surface area contributed by atoms with Gasteiger partial charge in [0.15, 0.2) is 0 Å². The summed E-state index contributed by atoms with van der Waals surface area (Å²) in [6, 6.07) is 14.9. The molecule has 3 N–H and O–H groups in total. The predicted octanol–water partition coefficient (Wildman–Crippen LogP) is 2.75. The molecule has 0 saturated heterocycles. The molecule has 0 heterocycles. The summed E-state index contributed by atoms with van der Waals surface area (Å²) in [6.07, 6.45) is 1.74. The van der Waals surface area contributed by atoms with Crippen molar-refractivity contribution in [2.45, 2.75) is 26.3 Å². The standard InChI is InChI=1S/C21H22N2O4/c1-3-17(21(26)27)22-20(25)18(13-15-7-5-4-6-8-15)23-19(24)16-11-9-14(2)10-12-16/h4-13,17H,3H2,1-2H3,(H,22,25)(H,23,24)(H,26,27). The first-order chi connectivity index (χ1) is 12.9. The molecule has 0 fully saturated rings. The molecule has 0 aliphatic heterocycles. The molecule has 2 aromatic carbocycles. The van der Waals surface area contributed by atoms with Crippen molar-refractivity contribution >= 4 is 23.9 Å². The van der Waals surface area contributed by atoms with Gasteiger partial charge in [0.2, 0.25) is 0 Å². The molecule has 1 unspecified atom stereocenters. The van der Waals surface area contributed by atoms with Crippen molar-refractivity contribution in [2.24, 2.45) is 0 Å². The summed E-state index contributed by atoms with van der Waals surface area (Å²) in [4.78, 5) is 36.3. The number of nitrogens with one attached hydrogen (secondary N) is 2. The Hall–Kier alpha value is -3.41. The van der Waals surface area contributed by atoms with Crippen LogP contribution >= 0.6 is 0 Å². The molecule has 6 nitrogen and oxygen atoms in total. The number of carbonyl (C=O) groups excluding carboxylic acids is 2. The van der Waals surface area contributed by atoms with E-state index >= 15 is 0 Å². The lowest BCUT2D eigenvalue weighted by molar-refractivity contribution is -0.141. The number of aryl methyl sites for hydroxylation is 1. The molecule has 0 bridgehead atoms. The first-order valence-corrected chi connectivity index (χ1v) is 8.59. The van der Waals surface area contributed by atoms with E-state index in [-0.39, 0.29) is 12.1 Å². The third-order valence-corrected chi connectivity index (χ3v) is 3.93. The highest BCUT2D eigenvalue weighted by molar-refractivity contribution is 6.06. The molecule has 0 radical (unpaired) electrons. The molecule has 0 spiro atoms. The Bertz CT molecular complexity index is 842. The van der Waals surface area contributed by atoms with Gasteiger partial charge < -0.3 is 15.7 Å². The van der Waals surface area contributed by atoms with Crippen LogP contribution in [0.4, 0.5) is 0 Å². The smallest absolute Gasteiger partial charge is 0.326 e. The topological polar surface area (TPSA) is 95.5 Å². The number of amides is 2. The summed E-state index contributed by atoms with van der Waals surface area (Å²) >= 11 is 0. The van der Waals surface area contributed by atoms with E-state index in [0.29, 0.717) is 11.1 Å². The van der Waals surface area contributed by atoms with E-state index in [0.717, 1.165) is 5.56 Å². The van der Waals surface area contributed by atoms with E-state index in [4.69, 9.17) is 5.11 Å². The second-order valence-electron chi connectivity index (χ2n) is 6.06. The van der Waals surface area contributed by atoms with Gasteiger partial charge in [0.1, 0.15) is 11.7 Å². The van der Waals surface area contributed by atoms with Crippen LogP contribution in [0.3, 0.4) is 0 Å². The lowest BCUT2D eigenvalue weighted by Crippen LogP contribution is -2.44. The molecular weight excluding hydrogens is 344 g/mol. The molecular formula is C21H22N2O4. The number of benzene rings is 2. The number of carbonyl (C=O) groups is 3. The van der Waals surface area contributed by atoms with Gasteiger partial charge in [-0.25, -0.2) is 4.79 Å². The first-order valence-electron chi connectivity index (χ1n) is 8.59. The quantitative estimate of drug-likeness (QED) is 0.657. The Morgan fingerprint density at radius 1 is 1.04 bits per heavy atom. The van der Waals surface area contributed by atoms with Crippen molar-refractivity contribution in [1.29, 1.82) is 0 Å². The highest BCUT2D eigenvalue weighted by atomic mass is 16.4. The van der Waals surface area contributed by atoms with Crippen LogP contribution in [0.15, 0.2) is 60.3 Å². The molecule has 0 aromatic heterocycles. The van der Waals surface area contributed by atoms with E-state index in [2.05, 4.69) is 10.6 Å². The maximum Gasteiger partial charge on any atom is 0.326 e.